The SMILES string of the molecule is CC(=O)O[C@H]1CCCC[C@@H]1c1ccc(O[Si](C)(C)C(C)(C)C)cc1. The van der Waals surface area contributed by atoms with E-state index in [2.05, 4.69) is 58.1 Å². The minimum absolute atomic E-state index is 0.0170. The summed E-state index contributed by atoms with van der Waals surface area (Å²) in [6.07, 6.45) is 4.40. The molecule has 1 aromatic carbocycles. The molecule has 3 nitrogen and oxygen atoms in total. The fourth-order valence-electron chi connectivity index (χ4n) is 3.06. The highest BCUT2D eigenvalue weighted by Gasteiger charge is 2.39. The third kappa shape index (κ3) is 4.62. The average molecular weight is 349 g/mol. The maximum atomic E-state index is 11.4. The maximum absolute atomic E-state index is 11.4. The summed E-state index contributed by atoms with van der Waals surface area (Å²) in [7, 11) is -1.81. The van der Waals surface area contributed by atoms with Crippen LogP contribution in [-0.4, -0.2) is 20.4 Å². The van der Waals surface area contributed by atoms with Gasteiger partial charge in [-0.2, -0.15) is 0 Å². The van der Waals surface area contributed by atoms with Gasteiger partial charge in [0.25, 0.3) is 0 Å². The van der Waals surface area contributed by atoms with Gasteiger partial charge in [0.05, 0.1) is 0 Å². The van der Waals surface area contributed by atoms with Crippen LogP contribution in [0.4, 0.5) is 0 Å². The zero-order valence-electron chi connectivity index (χ0n) is 16.0. The smallest absolute Gasteiger partial charge is 0.302 e. The highest BCUT2D eigenvalue weighted by Crippen LogP contribution is 2.39. The first-order chi connectivity index (χ1) is 11.1. The van der Waals surface area contributed by atoms with Gasteiger partial charge in [-0.25, -0.2) is 0 Å². The maximum Gasteiger partial charge on any atom is 0.302 e. The summed E-state index contributed by atoms with van der Waals surface area (Å²) in [5.41, 5.74) is 1.25. The third-order valence-corrected chi connectivity index (χ3v) is 9.87. The normalized spacial score (nSPS) is 22.1. The molecule has 0 bridgehead atoms. The molecule has 0 spiro atoms. The molecule has 0 unspecified atom stereocenters. The summed E-state index contributed by atoms with van der Waals surface area (Å²) >= 11 is 0. The molecule has 0 saturated heterocycles. The largest absolute Gasteiger partial charge is 0.544 e. The minimum atomic E-state index is -1.81. The zero-order valence-corrected chi connectivity index (χ0v) is 17.0. The Kier molecular flexibility index (Phi) is 5.79. The molecule has 0 N–H and O–H groups in total. The van der Waals surface area contributed by atoms with E-state index in [0.29, 0.717) is 5.92 Å². The minimum Gasteiger partial charge on any atom is -0.544 e. The van der Waals surface area contributed by atoms with Crippen molar-refractivity contribution in [2.45, 2.75) is 83.5 Å². The van der Waals surface area contributed by atoms with Crippen molar-refractivity contribution in [2.75, 3.05) is 0 Å². The van der Waals surface area contributed by atoms with Gasteiger partial charge in [-0.3, -0.25) is 4.79 Å². The molecular formula is C20H32O3Si. The lowest BCUT2D eigenvalue weighted by Gasteiger charge is -2.36. The van der Waals surface area contributed by atoms with E-state index in [1.165, 1.54) is 18.9 Å². The summed E-state index contributed by atoms with van der Waals surface area (Å²) in [6.45, 7) is 12.8. The summed E-state index contributed by atoms with van der Waals surface area (Å²) in [5.74, 6) is 1.08. The Hall–Kier alpha value is -1.29. The van der Waals surface area contributed by atoms with Crippen LogP contribution >= 0.6 is 0 Å². The Bertz CT molecular complexity index is 557. The highest BCUT2D eigenvalue weighted by molar-refractivity contribution is 6.74. The van der Waals surface area contributed by atoms with Crippen LogP contribution in [0, 0.1) is 0 Å². The average Bonchev–Trinajstić information content (AvgIpc) is 2.46. The van der Waals surface area contributed by atoms with Crippen LogP contribution in [0.25, 0.3) is 0 Å². The van der Waals surface area contributed by atoms with Gasteiger partial charge in [0.15, 0.2) is 0 Å². The molecule has 1 fully saturated rings. The third-order valence-electron chi connectivity index (χ3n) is 5.51. The lowest BCUT2D eigenvalue weighted by Crippen LogP contribution is -2.43. The Morgan fingerprint density at radius 2 is 1.67 bits per heavy atom. The second-order valence-electron chi connectivity index (χ2n) is 8.47. The van der Waals surface area contributed by atoms with Crippen molar-refractivity contribution in [3.8, 4) is 5.75 Å². The van der Waals surface area contributed by atoms with Crippen LogP contribution in [-0.2, 0) is 9.53 Å². The molecule has 1 aliphatic rings. The number of carbonyl (C=O) groups excluding carboxylic acids is 1. The number of benzene rings is 1. The van der Waals surface area contributed by atoms with Gasteiger partial charge < -0.3 is 9.16 Å². The van der Waals surface area contributed by atoms with Crippen LogP contribution in [0.3, 0.4) is 0 Å². The standard InChI is InChI=1S/C20H32O3Si/c1-15(21)22-19-10-8-7-9-18(19)16-11-13-17(14-12-16)23-24(5,6)20(2,3)4/h11-14,18-19H,7-10H2,1-6H3/t18-,19+/m1/s1. The van der Waals surface area contributed by atoms with Crippen molar-refractivity contribution < 1.29 is 14.0 Å². The predicted molar refractivity (Wildman–Crippen MR) is 101 cm³/mol. The molecule has 134 valence electrons. The lowest BCUT2D eigenvalue weighted by atomic mass is 9.81. The number of hydrogen-bond donors (Lipinski definition) is 0. The molecule has 2 rings (SSSR count). The van der Waals surface area contributed by atoms with Gasteiger partial charge in [-0.15, -0.1) is 0 Å². The Labute approximate surface area is 147 Å². The summed E-state index contributed by atoms with van der Waals surface area (Å²) in [5, 5.41) is 0.190. The first-order valence-electron chi connectivity index (χ1n) is 9.06. The monoisotopic (exact) mass is 348 g/mol. The zero-order chi connectivity index (χ0) is 18.0. The molecule has 1 saturated carbocycles. The molecule has 0 aromatic heterocycles. The Morgan fingerprint density at radius 3 is 2.21 bits per heavy atom. The second-order valence-corrected chi connectivity index (χ2v) is 13.2. The van der Waals surface area contributed by atoms with Crippen molar-refractivity contribution in [1.29, 1.82) is 0 Å². The molecule has 1 aromatic rings. The molecule has 0 aliphatic heterocycles. The molecule has 1 aliphatic carbocycles. The van der Waals surface area contributed by atoms with Crippen molar-refractivity contribution in [3.63, 3.8) is 0 Å². The molecule has 0 radical (unpaired) electrons. The van der Waals surface area contributed by atoms with Gasteiger partial charge in [0, 0.05) is 12.8 Å². The van der Waals surface area contributed by atoms with E-state index in [9.17, 15) is 4.79 Å². The van der Waals surface area contributed by atoms with Crippen molar-refractivity contribution in [2.24, 2.45) is 0 Å². The van der Waals surface area contributed by atoms with Crippen molar-refractivity contribution in [1.82, 2.24) is 0 Å². The van der Waals surface area contributed by atoms with Gasteiger partial charge in [-0.05, 0) is 55.1 Å². The van der Waals surface area contributed by atoms with Gasteiger partial charge >= 0.3 is 5.97 Å². The molecular weight excluding hydrogens is 316 g/mol. The number of ether oxygens (including phenoxy) is 1. The van der Waals surface area contributed by atoms with Crippen LogP contribution in [0.2, 0.25) is 18.1 Å². The fourth-order valence-corrected chi connectivity index (χ4v) is 4.09. The van der Waals surface area contributed by atoms with Gasteiger partial charge in [0.2, 0.25) is 8.32 Å². The quantitative estimate of drug-likeness (QED) is 0.520. The number of rotatable bonds is 4. The first-order valence-corrected chi connectivity index (χ1v) is 12.0. The summed E-state index contributed by atoms with van der Waals surface area (Å²) < 4.78 is 11.9. The van der Waals surface area contributed by atoms with Crippen LogP contribution < -0.4 is 4.43 Å². The van der Waals surface area contributed by atoms with E-state index >= 15 is 0 Å². The first kappa shape index (κ1) is 19.0. The van der Waals surface area contributed by atoms with Crippen LogP contribution in [0.1, 0.15) is 64.9 Å². The van der Waals surface area contributed by atoms with E-state index in [-0.39, 0.29) is 17.1 Å². The molecule has 4 heteroatoms. The molecule has 0 heterocycles. The van der Waals surface area contributed by atoms with E-state index in [1.54, 1.807) is 0 Å². The number of esters is 1. The summed E-state index contributed by atoms with van der Waals surface area (Å²) in [4.78, 5) is 11.4. The van der Waals surface area contributed by atoms with Crippen molar-refractivity contribution in [3.05, 3.63) is 29.8 Å². The molecule has 0 amide bonds. The van der Waals surface area contributed by atoms with Crippen molar-refractivity contribution >= 4 is 14.3 Å². The number of hydrogen-bond acceptors (Lipinski definition) is 3. The molecule has 24 heavy (non-hydrogen) atoms. The predicted octanol–water partition coefficient (Wildman–Crippen LogP) is 5.66. The Balaban J connectivity index is 2.12. The fraction of sp³-hybridized carbons (Fsp3) is 0.650. The number of carbonyl (C=O) groups is 1. The summed E-state index contributed by atoms with van der Waals surface area (Å²) in [6, 6.07) is 8.45. The van der Waals surface area contributed by atoms with Gasteiger partial charge in [0.1, 0.15) is 11.9 Å². The second kappa shape index (κ2) is 7.30. The molecule has 2 atom stereocenters. The van der Waals surface area contributed by atoms with Crippen LogP contribution in [0.5, 0.6) is 5.75 Å². The van der Waals surface area contributed by atoms with E-state index in [1.807, 2.05) is 0 Å². The lowest BCUT2D eigenvalue weighted by molar-refractivity contribution is -0.148. The topological polar surface area (TPSA) is 35.5 Å². The highest BCUT2D eigenvalue weighted by atomic mass is 28.4. The van der Waals surface area contributed by atoms with E-state index < -0.39 is 8.32 Å². The van der Waals surface area contributed by atoms with E-state index in [0.717, 1.165) is 25.0 Å². The van der Waals surface area contributed by atoms with Crippen LogP contribution in [0.15, 0.2) is 24.3 Å². The van der Waals surface area contributed by atoms with E-state index in [4.69, 9.17) is 9.16 Å². The Morgan fingerprint density at radius 1 is 1.08 bits per heavy atom. The van der Waals surface area contributed by atoms with Gasteiger partial charge in [-0.1, -0.05) is 39.3 Å².